The Morgan fingerprint density at radius 2 is 2.46 bits per heavy atom. The van der Waals surface area contributed by atoms with Gasteiger partial charge in [-0.1, -0.05) is 11.8 Å². The third kappa shape index (κ3) is 2.04. The van der Waals surface area contributed by atoms with Crippen molar-refractivity contribution in [3.8, 4) is 6.07 Å². The van der Waals surface area contributed by atoms with Gasteiger partial charge in [-0.2, -0.15) is 5.26 Å². The summed E-state index contributed by atoms with van der Waals surface area (Å²) < 4.78 is 0. The maximum atomic E-state index is 11.3. The summed E-state index contributed by atoms with van der Waals surface area (Å²) in [6.07, 6.45) is 1.62. The number of carbonyl (C=O) groups excluding carboxylic acids is 1. The van der Waals surface area contributed by atoms with Gasteiger partial charge in [0.25, 0.3) is 0 Å². The number of ketones is 1. The van der Waals surface area contributed by atoms with Gasteiger partial charge in [-0.3, -0.25) is 4.79 Å². The molecular weight excluding hydrogens is 211 g/mol. The van der Waals surface area contributed by atoms with Crippen LogP contribution in [0.2, 0.25) is 0 Å². The van der Waals surface area contributed by atoms with Crippen molar-refractivity contribution < 1.29 is 57.6 Å². The predicted molar refractivity (Wildman–Crippen MR) is 44.9 cm³/mol. The van der Waals surface area contributed by atoms with Crippen molar-refractivity contribution in [2.45, 2.75) is 10.3 Å². The van der Waals surface area contributed by atoms with Crippen LogP contribution in [0.15, 0.2) is 23.4 Å². The third-order valence-corrected chi connectivity index (χ3v) is 2.73. The summed E-state index contributed by atoms with van der Waals surface area (Å²) in [6.45, 7) is 0. The monoisotopic (exact) mass is 216 g/mol. The number of hydrogen-bond acceptors (Lipinski definition) is 4. The molecule has 13 heavy (non-hydrogen) atoms. The first kappa shape index (κ1) is 11.4. The van der Waals surface area contributed by atoms with Crippen LogP contribution in [-0.4, -0.2) is 16.0 Å². The molecule has 0 saturated carbocycles. The van der Waals surface area contributed by atoms with Crippen LogP contribution in [0, 0.1) is 11.3 Å². The zero-order chi connectivity index (χ0) is 8.55. The van der Waals surface area contributed by atoms with Gasteiger partial charge in [-0.05, 0) is 12.1 Å². The molecule has 1 aromatic heterocycles. The molecule has 0 fully saturated rings. The fraction of sp³-hybridized carbons (Fsp3) is 0.125. The van der Waals surface area contributed by atoms with Crippen LogP contribution < -0.4 is 51.4 Å². The molecule has 1 aliphatic heterocycles. The molecule has 1 aromatic rings. The summed E-state index contributed by atoms with van der Waals surface area (Å²) in [5.41, 5.74) is 0.578. The Hall–Kier alpha value is 0.296. The van der Waals surface area contributed by atoms with E-state index >= 15 is 0 Å². The Bertz CT molecular complexity index is 393. The summed E-state index contributed by atoms with van der Waals surface area (Å²) in [4.78, 5) is 15.3. The van der Waals surface area contributed by atoms with E-state index in [1.54, 1.807) is 18.3 Å². The Balaban J connectivity index is 0.000000845. The largest absolute Gasteiger partial charge is 1.00 e. The van der Waals surface area contributed by atoms with Crippen molar-refractivity contribution in [2.75, 3.05) is 0 Å². The summed E-state index contributed by atoms with van der Waals surface area (Å²) >= 11 is 1.22. The van der Waals surface area contributed by atoms with Crippen LogP contribution in [0.5, 0.6) is 0 Å². The molecule has 60 valence electrons. The van der Waals surface area contributed by atoms with Crippen LogP contribution in [0.25, 0.3) is 0 Å². The van der Waals surface area contributed by atoms with E-state index in [1.807, 2.05) is 6.07 Å². The fourth-order valence-electron chi connectivity index (χ4n) is 1.06. The third-order valence-electron chi connectivity index (χ3n) is 1.62. The van der Waals surface area contributed by atoms with Gasteiger partial charge in [0.15, 0.2) is 11.0 Å². The molecule has 1 unspecified atom stereocenters. The van der Waals surface area contributed by atoms with E-state index in [2.05, 4.69) is 4.98 Å². The minimum Gasteiger partial charge on any atom is -1.00 e. The fourth-order valence-corrected chi connectivity index (χ4v) is 1.99. The smallest absolute Gasteiger partial charge is 1.00 e. The maximum Gasteiger partial charge on any atom is 1.00 e. The zero-order valence-corrected chi connectivity index (χ0v) is 11.0. The van der Waals surface area contributed by atoms with E-state index < -0.39 is 5.25 Å². The second-order valence-electron chi connectivity index (χ2n) is 2.35. The quantitative estimate of drug-likeness (QED) is 0.489. The SMILES string of the molecule is N#CC1Sc2ncccc2C1=O.[H-].[K+]. The van der Waals surface area contributed by atoms with Crippen LogP contribution in [0.4, 0.5) is 0 Å². The number of nitriles is 1. The van der Waals surface area contributed by atoms with E-state index in [0.717, 1.165) is 0 Å². The number of aromatic nitrogens is 1. The Kier molecular flexibility index (Phi) is 4.10. The van der Waals surface area contributed by atoms with E-state index in [0.29, 0.717) is 10.6 Å². The van der Waals surface area contributed by atoms with Crippen LogP contribution >= 0.6 is 11.8 Å². The van der Waals surface area contributed by atoms with Crippen molar-refractivity contribution in [1.82, 2.24) is 4.98 Å². The second-order valence-corrected chi connectivity index (χ2v) is 3.44. The van der Waals surface area contributed by atoms with Crippen molar-refractivity contribution in [2.24, 2.45) is 0 Å². The van der Waals surface area contributed by atoms with Gasteiger partial charge >= 0.3 is 51.4 Å². The number of pyridine rings is 1. The predicted octanol–water partition coefficient (Wildman–Crippen LogP) is -1.62. The number of rotatable bonds is 0. The molecule has 0 saturated heterocycles. The van der Waals surface area contributed by atoms with Crippen molar-refractivity contribution in [3.63, 3.8) is 0 Å². The van der Waals surface area contributed by atoms with Gasteiger partial charge in [0.05, 0.1) is 11.6 Å². The molecule has 0 amide bonds. The molecule has 1 atom stereocenters. The molecular formula is C8H5KN2OS. The first-order chi connectivity index (χ1) is 5.83. The van der Waals surface area contributed by atoms with Crippen molar-refractivity contribution >= 4 is 17.5 Å². The number of fused-ring (bicyclic) bond motifs is 1. The van der Waals surface area contributed by atoms with Crippen LogP contribution in [0.3, 0.4) is 0 Å². The minimum absolute atomic E-state index is 0. The number of hydrogen-bond donors (Lipinski definition) is 0. The molecule has 0 bridgehead atoms. The molecule has 2 rings (SSSR count). The van der Waals surface area contributed by atoms with E-state index in [4.69, 9.17) is 5.26 Å². The van der Waals surface area contributed by atoms with Crippen molar-refractivity contribution in [1.29, 1.82) is 5.26 Å². The van der Waals surface area contributed by atoms with Crippen molar-refractivity contribution in [3.05, 3.63) is 23.9 Å². The molecule has 0 spiro atoms. The van der Waals surface area contributed by atoms with Gasteiger partial charge in [-0.25, -0.2) is 4.98 Å². The molecule has 0 aromatic carbocycles. The Morgan fingerprint density at radius 1 is 1.69 bits per heavy atom. The standard InChI is InChI=1S/C8H4N2OS.K.H/c9-4-6-7(11)5-2-1-3-10-8(5)12-6;;/h1-3,6H;;/q;+1;-1. The first-order valence-electron chi connectivity index (χ1n) is 3.38. The van der Waals surface area contributed by atoms with E-state index in [9.17, 15) is 4.79 Å². The van der Waals surface area contributed by atoms with E-state index in [-0.39, 0.29) is 58.6 Å². The molecule has 5 heteroatoms. The molecule has 0 radical (unpaired) electrons. The molecule has 2 heterocycles. The first-order valence-corrected chi connectivity index (χ1v) is 4.26. The van der Waals surface area contributed by atoms with E-state index in [1.165, 1.54) is 11.8 Å². The number of nitrogens with zero attached hydrogens (tertiary/aromatic N) is 2. The summed E-state index contributed by atoms with van der Waals surface area (Å²) in [5.74, 6) is -0.120. The normalized spacial score (nSPS) is 18.7. The number of carbonyl (C=O) groups is 1. The number of thioether (sulfide) groups is 1. The molecule has 0 aliphatic carbocycles. The average Bonchev–Trinajstić information content (AvgIpc) is 2.44. The molecule has 3 nitrogen and oxygen atoms in total. The van der Waals surface area contributed by atoms with Crippen LogP contribution in [-0.2, 0) is 0 Å². The summed E-state index contributed by atoms with van der Waals surface area (Å²) in [7, 11) is 0. The van der Waals surface area contributed by atoms with Crippen LogP contribution in [0.1, 0.15) is 11.8 Å². The minimum atomic E-state index is -0.588. The molecule has 0 N–H and O–H groups in total. The van der Waals surface area contributed by atoms with Gasteiger partial charge in [0, 0.05) is 6.20 Å². The zero-order valence-electron chi connectivity index (χ0n) is 8.02. The summed E-state index contributed by atoms with van der Waals surface area (Å²) in [6, 6.07) is 5.34. The second kappa shape index (κ2) is 4.69. The van der Waals surface area contributed by atoms with Gasteiger partial charge in [-0.15, -0.1) is 0 Å². The van der Waals surface area contributed by atoms with Gasteiger partial charge in [0.2, 0.25) is 0 Å². The Labute approximate surface area is 124 Å². The van der Waals surface area contributed by atoms with Gasteiger partial charge < -0.3 is 1.43 Å². The molecule has 1 aliphatic rings. The maximum absolute atomic E-state index is 11.3. The Morgan fingerprint density at radius 3 is 3.08 bits per heavy atom. The number of Topliss-reactive ketones (excluding diaryl/α,β-unsaturated/α-hetero) is 1. The topological polar surface area (TPSA) is 53.8 Å². The average molecular weight is 216 g/mol. The summed E-state index contributed by atoms with van der Waals surface area (Å²) in [5, 5.41) is 8.68. The van der Waals surface area contributed by atoms with Gasteiger partial charge in [0.1, 0.15) is 5.03 Å².